The summed E-state index contributed by atoms with van der Waals surface area (Å²) in [6.45, 7) is 7.90. The maximum atomic E-state index is 12.5. The van der Waals surface area contributed by atoms with Crippen LogP contribution in [0, 0.1) is 0 Å². The number of benzene rings is 2. The third-order valence-corrected chi connectivity index (χ3v) is 5.81. The Morgan fingerprint density at radius 2 is 1.69 bits per heavy atom. The number of amides is 1. The van der Waals surface area contributed by atoms with Crippen LogP contribution < -0.4 is 19.7 Å². The Morgan fingerprint density at radius 1 is 1.00 bits per heavy atom. The second-order valence-electron chi connectivity index (χ2n) is 8.57. The molecule has 0 saturated heterocycles. The van der Waals surface area contributed by atoms with Crippen molar-refractivity contribution in [3.8, 4) is 11.5 Å². The number of hydrogen-bond acceptors (Lipinski definition) is 7. The minimum absolute atomic E-state index is 0.316. The molecule has 8 heteroatoms. The number of para-hydroxylation sites is 1. The summed E-state index contributed by atoms with van der Waals surface area (Å²) >= 11 is 0. The highest BCUT2D eigenvalue weighted by atomic mass is 16.5. The Bertz CT molecular complexity index is 1140. The molecule has 0 aromatic heterocycles. The molecule has 0 radical (unpaired) electrons. The molecule has 1 amide bonds. The topological polar surface area (TPSA) is 94.2 Å². The number of carbonyl (C=O) groups excluding carboxylic acids is 3. The third-order valence-electron chi connectivity index (χ3n) is 5.81. The van der Waals surface area contributed by atoms with Crippen molar-refractivity contribution in [3.05, 3.63) is 65.4 Å². The number of anilines is 1. The quantitative estimate of drug-likeness (QED) is 0.410. The number of hydrogen-bond donors (Lipinski definition) is 1. The van der Waals surface area contributed by atoms with Crippen molar-refractivity contribution >= 4 is 23.3 Å². The Kier molecular flexibility index (Phi) is 8.17. The first-order chi connectivity index (χ1) is 16.7. The molecule has 8 nitrogen and oxygen atoms in total. The predicted octanol–water partition coefficient (Wildman–Crippen LogP) is 3.64. The lowest BCUT2D eigenvalue weighted by atomic mass is 9.83. The van der Waals surface area contributed by atoms with Gasteiger partial charge in [0, 0.05) is 35.5 Å². The van der Waals surface area contributed by atoms with E-state index in [1.165, 1.54) is 6.08 Å². The van der Waals surface area contributed by atoms with Gasteiger partial charge in [0.15, 0.2) is 23.9 Å². The van der Waals surface area contributed by atoms with Gasteiger partial charge in [-0.05, 0) is 43.7 Å². The normalized spacial score (nSPS) is 14.9. The van der Waals surface area contributed by atoms with Crippen LogP contribution in [0.1, 0.15) is 43.6 Å². The van der Waals surface area contributed by atoms with Gasteiger partial charge in [-0.15, -0.1) is 0 Å². The van der Waals surface area contributed by atoms with E-state index in [1.807, 2.05) is 63.9 Å². The lowest BCUT2D eigenvalue weighted by molar-refractivity contribution is -0.145. The highest BCUT2D eigenvalue weighted by molar-refractivity contribution is 5.97. The molecule has 2 aromatic carbocycles. The maximum Gasteiger partial charge on any atom is 0.325 e. The first kappa shape index (κ1) is 25.8. The minimum Gasteiger partial charge on any atom is -0.490 e. The van der Waals surface area contributed by atoms with Gasteiger partial charge in [0.1, 0.15) is 6.54 Å². The van der Waals surface area contributed by atoms with Gasteiger partial charge < -0.3 is 24.4 Å². The predicted molar refractivity (Wildman–Crippen MR) is 133 cm³/mol. The van der Waals surface area contributed by atoms with Crippen LogP contribution in [0.4, 0.5) is 5.69 Å². The number of ketones is 1. The monoisotopic (exact) mass is 480 g/mol. The smallest absolute Gasteiger partial charge is 0.325 e. The fourth-order valence-corrected chi connectivity index (χ4v) is 4.10. The van der Waals surface area contributed by atoms with E-state index in [1.54, 1.807) is 18.2 Å². The van der Waals surface area contributed by atoms with Gasteiger partial charge in [0.05, 0.1) is 13.2 Å². The zero-order chi connectivity index (χ0) is 25.6. The van der Waals surface area contributed by atoms with Crippen LogP contribution in [0.5, 0.6) is 11.5 Å². The van der Waals surface area contributed by atoms with Crippen molar-refractivity contribution < 1.29 is 28.6 Å². The highest BCUT2D eigenvalue weighted by Crippen LogP contribution is 2.46. The number of fused-ring (bicyclic) bond motifs is 1. The van der Waals surface area contributed by atoms with E-state index in [-0.39, 0.29) is 17.7 Å². The summed E-state index contributed by atoms with van der Waals surface area (Å²) in [5.41, 5.74) is 2.96. The molecule has 0 bridgehead atoms. The molecular formula is C27H32N2O6. The van der Waals surface area contributed by atoms with Crippen LogP contribution in [0.25, 0.3) is 0 Å². The summed E-state index contributed by atoms with van der Waals surface area (Å²) < 4.78 is 16.1. The van der Waals surface area contributed by atoms with Crippen LogP contribution >= 0.6 is 0 Å². The summed E-state index contributed by atoms with van der Waals surface area (Å²) in [5.74, 6) is -0.516. The van der Waals surface area contributed by atoms with Crippen molar-refractivity contribution in [2.45, 2.75) is 33.1 Å². The van der Waals surface area contributed by atoms with Crippen molar-refractivity contribution in [2.24, 2.45) is 0 Å². The van der Waals surface area contributed by atoms with Crippen molar-refractivity contribution in [1.29, 1.82) is 0 Å². The maximum absolute atomic E-state index is 12.5. The summed E-state index contributed by atoms with van der Waals surface area (Å²) in [5, 5.41) is 2.50. The SMILES string of the molecule is CCOc1ccc(C(=O)NCC(=O)OCC(=O)/C=C2/N(C)c3ccccc3C2(C)C)cc1OCC. The molecule has 1 heterocycles. The van der Waals surface area contributed by atoms with Crippen LogP contribution in [-0.4, -0.2) is 51.1 Å². The first-order valence-corrected chi connectivity index (χ1v) is 11.6. The molecule has 0 aliphatic carbocycles. The molecular weight excluding hydrogens is 448 g/mol. The van der Waals surface area contributed by atoms with Crippen LogP contribution in [-0.2, 0) is 19.7 Å². The first-order valence-electron chi connectivity index (χ1n) is 11.6. The standard InChI is InChI=1S/C27H32N2O6/c1-6-33-22-13-12-18(14-23(22)34-7-2)26(32)28-16-25(31)35-17-19(30)15-24-27(3,4)20-10-8-9-11-21(20)29(24)5/h8-15H,6-7,16-17H2,1-5H3,(H,28,32)/b24-15+. The third kappa shape index (κ3) is 5.82. The van der Waals surface area contributed by atoms with E-state index in [0.717, 1.165) is 16.9 Å². The zero-order valence-corrected chi connectivity index (χ0v) is 20.8. The molecule has 0 fully saturated rings. The number of allylic oxidation sites excluding steroid dienone is 1. The molecule has 0 saturated carbocycles. The van der Waals surface area contributed by atoms with Crippen LogP contribution in [0.15, 0.2) is 54.2 Å². The second-order valence-corrected chi connectivity index (χ2v) is 8.57. The average Bonchev–Trinajstić information content (AvgIpc) is 3.03. The van der Waals surface area contributed by atoms with Gasteiger partial charge in [-0.1, -0.05) is 32.0 Å². The Hall–Kier alpha value is -3.81. The van der Waals surface area contributed by atoms with E-state index < -0.39 is 18.5 Å². The zero-order valence-electron chi connectivity index (χ0n) is 20.8. The minimum atomic E-state index is -0.705. The number of rotatable bonds is 10. The number of ether oxygens (including phenoxy) is 3. The average molecular weight is 481 g/mol. The second kappa shape index (κ2) is 11.1. The van der Waals surface area contributed by atoms with Crippen molar-refractivity contribution in [1.82, 2.24) is 5.32 Å². The summed E-state index contributed by atoms with van der Waals surface area (Å²) in [6.07, 6.45) is 1.51. The van der Waals surface area contributed by atoms with E-state index in [2.05, 4.69) is 5.32 Å². The largest absolute Gasteiger partial charge is 0.490 e. The van der Waals surface area contributed by atoms with E-state index in [9.17, 15) is 14.4 Å². The van der Waals surface area contributed by atoms with Gasteiger partial charge in [-0.3, -0.25) is 14.4 Å². The van der Waals surface area contributed by atoms with Crippen LogP contribution in [0.2, 0.25) is 0 Å². The fraction of sp³-hybridized carbons (Fsp3) is 0.370. The van der Waals surface area contributed by atoms with Gasteiger partial charge >= 0.3 is 5.97 Å². The van der Waals surface area contributed by atoms with Crippen molar-refractivity contribution in [2.75, 3.05) is 38.3 Å². The molecule has 3 rings (SSSR count). The molecule has 1 aliphatic heterocycles. The number of esters is 1. The molecule has 1 N–H and O–H groups in total. The number of nitrogens with zero attached hydrogens (tertiary/aromatic N) is 1. The summed E-state index contributed by atoms with van der Waals surface area (Å²) in [4.78, 5) is 39.1. The van der Waals surface area contributed by atoms with Gasteiger partial charge in [-0.25, -0.2) is 0 Å². The fourth-order valence-electron chi connectivity index (χ4n) is 4.10. The number of carbonyl (C=O) groups is 3. The lowest BCUT2D eigenvalue weighted by Gasteiger charge is -2.23. The molecule has 35 heavy (non-hydrogen) atoms. The molecule has 0 spiro atoms. The molecule has 186 valence electrons. The Morgan fingerprint density at radius 3 is 2.37 bits per heavy atom. The summed E-state index contributed by atoms with van der Waals surface area (Å²) in [7, 11) is 1.91. The Labute approximate surface area is 205 Å². The number of nitrogens with one attached hydrogen (secondary N) is 1. The molecule has 2 aromatic rings. The van der Waals surface area contributed by atoms with Gasteiger partial charge in [0.25, 0.3) is 5.91 Å². The number of likely N-dealkylation sites (N-methyl/N-ethyl adjacent to an activating group) is 1. The van der Waals surface area contributed by atoms with E-state index in [0.29, 0.717) is 30.3 Å². The van der Waals surface area contributed by atoms with Crippen molar-refractivity contribution in [3.63, 3.8) is 0 Å². The molecule has 1 aliphatic rings. The van der Waals surface area contributed by atoms with Gasteiger partial charge in [-0.2, -0.15) is 0 Å². The molecule has 0 unspecified atom stereocenters. The van der Waals surface area contributed by atoms with E-state index in [4.69, 9.17) is 14.2 Å². The van der Waals surface area contributed by atoms with Gasteiger partial charge in [0.2, 0.25) is 0 Å². The highest BCUT2D eigenvalue weighted by Gasteiger charge is 2.38. The van der Waals surface area contributed by atoms with E-state index >= 15 is 0 Å². The Balaban J connectivity index is 1.54. The molecule has 0 atom stereocenters. The van der Waals surface area contributed by atoms with Crippen LogP contribution in [0.3, 0.4) is 0 Å². The lowest BCUT2D eigenvalue weighted by Crippen LogP contribution is -2.31. The summed E-state index contributed by atoms with van der Waals surface area (Å²) in [6, 6.07) is 12.8.